The summed E-state index contributed by atoms with van der Waals surface area (Å²) in [6.07, 6.45) is 0.608. The van der Waals surface area contributed by atoms with Crippen molar-refractivity contribution in [3.63, 3.8) is 0 Å². The van der Waals surface area contributed by atoms with Crippen LogP contribution in [0.3, 0.4) is 0 Å². The van der Waals surface area contributed by atoms with Crippen LogP contribution in [-0.4, -0.2) is 65.1 Å². The van der Waals surface area contributed by atoms with Gasteiger partial charge >= 0.3 is 0 Å². The van der Waals surface area contributed by atoms with Crippen LogP contribution in [0.25, 0.3) is 0 Å². The third-order valence-electron chi connectivity index (χ3n) is 6.04. The van der Waals surface area contributed by atoms with E-state index in [0.717, 1.165) is 18.7 Å². The van der Waals surface area contributed by atoms with Crippen LogP contribution >= 0.6 is 0 Å². The summed E-state index contributed by atoms with van der Waals surface area (Å²) in [6, 6.07) is 13.0. The number of sulfonamides is 1. The summed E-state index contributed by atoms with van der Waals surface area (Å²) in [7, 11) is -2.08. The van der Waals surface area contributed by atoms with Gasteiger partial charge in [-0.2, -0.15) is 4.31 Å². The molecule has 1 N–H and O–H groups in total. The first kappa shape index (κ1) is 26.0. The zero-order valence-electron chi connectivity index (χ0n) is 20.2. The number of morpholine rings is 1. The average molecular weight is 490 g/mol. The molecule has 1 fully saturated rings. The molecule has 1 saturated heterocycles. The quantitative estimate of drug-likeness (QED) is 0.522. The highest BCUT2D eigenvalue weighted by Crippen LogP contribution is 2.26. The summed E-state index contributed by atoms with van der Waals surface area (Å²) in [6.45, 7) is 8.04. The van der Waals surface area contributed by atoms with Crippen molar-refractivity contribution in [2.75, 3.05) is 51.4 Å². The van der Waals surface area contributed by atoms with E-state index in [2.05, 4.69) is 36.2 Å². The van der Waals surface area contributed by atoms with Gasteiger partial charge in [-0.3, -0.25) is 4.79 Å². The predicted molar refractivity (Wildman–Crippen MR) is 133 cm³/mol. The second-order valence-electron chi connectivity index (χ2n) is 8.11. The molecule has 1 aliphatic rings. The number of carbonyl (C=O) groups is 1. The molecule has 3 rings (SSSR count). The number of aryl methyl sites for hydroxylation is 1. The van der Waals surface area contributed by atoms with E-state index in [1.807, 2.05) is 12.1 Å². The van der Waals surface area contributed by atoms with Gasteiger partial charge in [0.25, 0.3) is 0 Å². The molecule has 8 nitrogen and oxygen atoms in total. The van der Waals surface area contributed by atoms with E-state index in [-0.39, 0.29) is 17.2 Å². The molecule has 0 spiro atoms. The van der Waals surface area contributed by atoms with Crippen molar-refractivity contribution >= 4 is 21.6 Å². The Balaban J connectivity index is 1.59. The summed E-state index contributed by atoms with van der Waals surface area (Å²) in [5, 5.41) is 2.95. The summed E-state index contributed by atoms with van der Waals surface area (Å²) >= 11 is 0. The van der Waals surface area contributed by atoms with Crippen molar-refractivity contribution in [1.29, 1.82) is 0 Å². The van der Waals surface area contributed by atoms with E-state index in [0.29, 0.717) is 50.6 Å². The minimum atomic E-state index is -3.61. The number of hydrogen-bond acceptors (Lipinski definition) is 6. The Morgan fingerprint density at radius 2 is 1.76 bits per heavy atom. The molecular formula is C25H35N3O5S. The Hall–Kier alpha value is -2.62. The fourth-order valence-electron chi connectivity index (χ4n) is 4.00. The lowest BCUT2D eigenvalue weighted by atomic mass is 10.1. The molecular weight excluding hydrogens is 454 g/mol. The normalized spacial score (nSPS) is 14.6. The molecule has 34 heavy (non-hydrogen) atoms. The Morgan fingerprint density at radius 3 is 2.38 bits per heavy atom. The third kappa shape index (κ3) is 6.49. The molecule has 0 bridgehead atoms. The molecule has 1 heterocycles. The average Bonchev–Trinajstić information content (AvgIpc) is 2.88. The van der Waals surface area contributed by atoms with E-state index < -0.39 is 10.0 Å². The molecule has 186 valence electrons. The van der Waals surface area contributed by atoms with Gasteiger partial charge < -0.3 is 19.7 Å². The molecule has 0 radical (unpaired) electrons. The highest BCUT2D eigenvalue weighted by molar-refractivity contribution is 7.89. The molecule has 2 aromatic rings. The van der Waals surface area contributed by atoms with E-state index in [9.17, 15) is 13.2 Å². The Bertz CT molecular complexity index is 1050. The molecule has 1 aliphatic heterocycles. The van der Waals surface area contributed by atoms with Crippen molar-refractivity contribution in [1.82, 2.24) is 9.62 Å². The van der Waals surface area contributed by atoms with Crippen LogP contribution in [-0.2, 0) is 32.5 Å². The van der Waals surface area contributed by atoms with Crippen LogP contribution in [0, 0.1) is 0 Å². The van der Waals surface area contributed by atoms with Gasteiger partial charge in [-0.05, 0) is 61.7 Å². The summed E-state index contributed by atoms with van der Waals surface area (Å²) in [5.74, 6) is 0.469. The highest BCUT2D eigenvalue weighted by atomic mass is 32.2. The number of nitrogens with zero attached hydrogens (tertiary/aromatic N) is 2. The number of hydrogen-bond donors (Lipinski definition) is 1. The maximum atomic E-state index is 13.0. The zero-order valence-corrected chi connectivity index (χ0v) is 21.1. The molecule has 1 amide bonds. The van der Waals surface area contributed by atoms with Crippen LogP contribution in [0.15, 0.2) is 47.4 Å². The number of anilines is 1. The Labute approximate surface area is 202 Å². The number of ether oxygens (including phenoxy) is 2. The maximum Gasteiger partial charge on any atom is 0.243 e. The number of benzene rings is 2. The fraction of sp³-hybridized carbons (Fsp3) is 0.480. The van der Waals surface area contributed by atoms with Crippen molar-refractivity contribution in [2.24, 2.45) is 0 Å². The van der Waals surface area contributed by atoms with Gasteiger partial charge in [-0.25, -0.2) is 8.42 Å². The number of methoxy groups -OCH3 is 1. The minimum Gasteiger partial charge on any atom is -0.496 e. The van der Waals surface area contributed by atoms with Gasteiger partial charge in [0.1, 0.15) is 5.75 Å². The largest absolute Gasteiger partial charge is 0.496 e. The molecule has 0 unspecified atom stereocenters. The lowest BCUT2D eigenvalue weighted by molar-refractivity contribution is -0.121. The third-order valence-corrected chi connectivity index (χ3v) is 7.93. The second-order valence-corrected chi connectivity index (χ2v) is 10.0. The summed E-state index contributed by atoms with van der Waals surface area (Å²) in [5.41, 5.74) is 2.88. The minimum absolute atomic E-state index is 0.101. The van der Waals surface area contributed by atoms with Crippen molar-refractivity contribution in [3.05, 3.63) is 53.6 Å². The van der Waals surface area contributed by atoms with E-state index in [1.54, 1.807) is 18.2 Å². The molecule has 0 saturated carbocycles. The number of carbonyl (C=O) groups excluding carboxylic acids is 1. The first-order valence-corrected chi connectivity index (χ1v) is 13.2. The highest BCUT2D eigenvalue weighted by Gasteiger charge is 2.27. The van der Waals surface area contributed by atoms with E-state index >= 15 is 0 Å². The van der Waals surface area contributed by atoms with Crippen LogP contribution in [0.5, 0.6) is 5.75 Å². The van der Waals surface area contributed by atoms with Gasteiger partial charge in [0, 0.05) is 44.8 Å². The molecule has 9 heteroatoms. The summed E-state index contributed by atoms with van der Waals surface area (Å²) < 4.78 is 38.1. The van der Waals surface area contributed by atoms with Gasteiger partial charge in [0.05, 0.1) is 25.2 Å². The van der Waals surface area contributed by atoms with Gasteiger partial charge in [0.2, 0.25) is 15.9 Å². The van der Waals surface area contributed by atoms with Gasteiger partial charge in [0.15, 0.2) is 0 Å². The van der Waals surface area contributed by atoms with Crippen molar-refractivity contribution in [3.8, 4) is 5.75 Å². The fourth-order valence-corrected chi connectivity index (χ4v) is 5.46. The second kappa shape index (κ2) is 12.2. The van der Waals surface area contributed by atoms with Crippen LogP contribution < -0.4 is 15.0 Å². The number of amides is 1. The predicted octanol–water partition coefficient (Wildman–Crippen LogP) is 2.81. The zero-order chi connectivity index (χ0) is 24.6. The SMILES string of the molecule is CCN(CC)c1ccc(CNC(=O)CCc2cc(S(=O)(=O)N3CCOCC3)ccc2OC)cc1. The van der Waals surface area contributed by atoms with Crippen LogP contribution in [0.2, 0.25) is 0 Å². The first-order chi connectivity index (χ1) is 16.4. The lowest BCUT2D eigenvalue weighted by Crippen LogP contribution is -2.40. The Kier molecular flexibility index (Phi) is 9.32. The van der Waals surface area contributed by atoms with Crippen LogP contribution in [0.1, 0.15) is 31.4 Å². The Morgan fingerprint density at radius 1 is 1.09 bits per heavy atom. The lowest BCUT2D eigenvalue weighted by Gasteiger charge is -2.26. The van der Waals surface area contributed by atoms with Gasteiger partial charge in [-0.15, -0.1) is 0 Å². The van der Waals surface area contributed by atoms with Gasteiger partial charge in [-0.1, -0.05) is 12.1 Å². The summed E-state index contributed by atoms with van der Waals surface area (Å²) in [4.78, 5) is 15.0. The smallest absolute Gasteiger partial charge is 0.243 e. The molecule has 2 aromatic carbocycles. The van der Waals surface area contributed by atoms with E-state index in [4.69, 9.17) is 9.47 Å². The monoisotopic (exact) mass is 489 g/mol. The standard InChI is InChI=1S/C25H35N3O5S/c1-4-27(5-2)22-9-6-20(7-10-22)19-26-25(29)13-8-21-18-23(11-12-24(21)32-3)34(30,31)28-14-16-33-17-15-28/h6-7,9-12,18H,4-5,8,13-17,19H2,1-3H3,(H,26,29). The van der Waals surface area contributed by atoms with Crippen molar-refractivity contribution < 1.29 is 22.7 Å². The van der Waals surface area contributed by atoms with Crippen molar-refractivity contribution in [2.45, 2.75) is 38.1 Å². The number of nitrogens with one attached hydrogen (secondary N) is 1. The van der Waals surface area contributed by atoms with Crippen LogP contribution in [0.4, 0.5) is 5.69 Å². The van der Waals surface area contributed by atoms with E-state index in [1.165, 1.54) is 17.1 Å². The molecule has 0 atom stereocenters. The maximum absolute atomic E-state index is 13.0. The molecule has 0 aromatic heterocycles. The molecule has 0 aliphatic carbocycles. The first-order valence-electron chi connectivity index (χ1n) is 11.7. The number of rotatable bonds is 11. The topological polar surface area (TPSA) is 88.2 Å².